The first kappa shape index (κ1) is 12.2. The Morgan fingerprint density at radius 2 is 1.94 bits per heavy atom. The molecule has 0 saturated heterocycles. The van der Waals surface area contributed by atoms with Gasteiger partial charge in [-0.2, -0.15) is 8.42 Å². The zero-order valence-corrected chi connectivity index (χ0v) is 10.6. The molecule has 4 heteroatoms. The van der Waals surface area contributed by atoms with E-state index in [1.807, 2.05) is 24.3 Å². The zero-order chi connectivity index (χ0) is 12.3. The molecule has 0 heterocycles. The highest BCUT2D eigenvalue weighted by Crippen LogP contribution is 2.28. The smallest absolute Gasteiger partial charge is 0.315 e. The lowest BCUT2D eigenvalue weighted by molar-refractivity contribution is 0.389. The van der Waals surface area contributed by atoms with Crippen LogP contribution in [0.4, 0.5) is 0 Å². The molecule has 1 aliphatic carbocycles. The lowest BCUT2D eigenvalue weighted by atomic mass is 10.2. The zero-order valence-electron chi connectivity index (χ0n) is 9.80. The summed E-state index contributed by atoms with van der Waals surface area (Å²) in [4.78, 5) is 0. The van der Waals surface area contributed by atoms with Crippen LogP contribution in [-0.2, 0) is 14.3 Å². The van der Waals surface area contributed by atoms with Crippen LogP contribution in [0, 0.1) is 0 Å². The van der Waals surface area contributed by atoms with E-state index >= 15 is 0 Å². The van der Waals surface area contributed by atoms with Gasteiger partial charge in [0.25, 0.3) is 0 Å². The molecule has 0 bridgehead atoms. The second-order valence-electron chi connectivity index (χ2n) is 4.19. The van der Waals surface area contributed by atoms with E-state index < -0.39 is 15.4 Å². The highest BCUT2D eigenvalue weighted by atomic mass is 32.2. The van der Waals surface area contributed by atoms with Gasteiger partial charge in [0, 0.05) is 6.42 Å². The summed E-state index contributed by atoms with van der Waals surface area (Å²) in [5, 5.41) is -0.634. The minimum atomic E-state index is -3.57. The Labute approximate surface area is 102 Å². The fourth-order valence-corrected chi connectivity index (χ4v) is 2.91. The first-order valence-corrected chi connectivity index (χ1v) is 7.24. The Morgan fingerprint density at radius 3 is 2.53 bits per heavy atom. The Hall–Kier alpha value is -1.29. The quantitative estimate of drug-likeness (QED) is 0.773. The van der Waals surface area contributed by atoms with Crippen molar-refractivity contribution in [2.45, 2.75) is 31.4 Å². The van der Waals surface area contributed by atoms with Crippen LogP contribution in [0.1, 0.15) is 37.0 Å². The maximum atomic E-state index is 12.0. The fourth-order valence-electron chi connectivity index (χ4n) is 1.83. The molecular weight excluding hydrogens is 236 g/mol. The predicted octanol–water partition coefficient (Wildman–Crippen LogP) is 3.16. The maximum absolute atomic E-state index is 12.0. The average molecular weight is 252 g/mol. The highest BCUT2D eigenvalue weighted by molar-refractivity contribution is 7.87. The Balaban J connectivity index is 2.15. The van der Waals surface area contributed by atoms with Gasteiger partial charge >= 0.3 is 10.1 Å². The summed E-state index contributed by atoms with van der Waals surface area (Å²) in [7, 11) is -3.57. The van der Waals surface area contributed by atoms with Crippen LogP contribution >= 0.6 is 0 Å². The van der Waals surface area contributed by atoms with E-state index in [9.17, 15) is 8.42 Å². The molecule has 0 fully saturated rings. The summed E-state index contributed by atoms with van der Waals surface area (Å²) in [6.45, 7) is 1.65. The van der Waals surface area contributed by atoms with Crippen molar-refractivity contribution >= 4 is 10.1 Å². The molecule has 3 nitrogen and oxygen atoms in total. The molecule has 1 aromatic carbocycles. The van der Waals surface area contributed by atoms with E-state index in [0.717, 1.165) is 24.8 Å². The third-order valence-electron chi connectivity index (χ3n) is 2.92. The van der Waals surface area contributed by atoms with Gasteiger partial charge in [-0.25, -0.2) is 0 Å². The van der Waals surface area contributed by atoms with Crippen LogP contribution in [0.3, 0.4) is 0 Å². The minimum Gasteiger partial charge on any atom is -0.387 e. The van der Waals surface area contributed by atoms with Gasteiger partial charge in [-0.15, -0.1) is 0 Å². The maximum Gasteiger partial charge on any atom is 0.315 e. The van der Waals surface area contributed by atoms with E-state index in [2.05, 4.69) is 0 Å². The number of hydrogen-bond donors (Lipinski definition) is 0. The molecule has 2 rings (SSSR count). The topological polar surface area (TPSA) is 43.4 Å². The van der Waals surface area contributed by atoms with Gasteiger partial charge in [0.1, 0.15) is 11.0 Å². The molecule has 1 aromatic rings. The standard InChI is InChI=1S/C13H16O3S/c1-11(12-7-3-2-4-8-12)17(14,15)16-13-9-5-6-10-13/h2-4,7-9,11H,5-6,10H2,1H3. The Kier molecular flexibility index (Phi) is 3.52. The van der Waals surface area contributed by atoms with Crippen LogP contribution in [0.15, 0.2) is 42.2 Å². The van der Waals surface area contributed by atoms with Crippen molar-refractivity contribution in [3.63, 3.8) is 0 Å². The molecule has 1 unspecified atom stereocenters. The monoisotopic (exact) mass is 252 g/mol. The summed E-state index contributed by atoms with van der Waals surface area (Å²) in [6, 6.07) is 9.12. The molecule has 0 saturated carbocycles. The minimum absolute atomic E-state index is 0.591. The summed E-state index contributed by atoms with van der Waals surface area (Å²) in [5.41, 5.74) is 0.756. The van der Waals surface area contributed by atoms with Gasteiger partial charge in [0.05, 0.1) is 0 Å². The van der Waals surface area contributed by atoms with Gasteiger partial charge in [-0.05, 0) is 31.4 Å². The molecule has 1 atom stereocenters. The molecule has 0 aromatic heterocycles. The van der Waals surface area contributed by atoms with E-state index in [-0.39, 0.29) is 0 Å². The largest absolute Gasteiger partial charge is 0.387 e. The number of benzene rings is 1. The third-order valence-corrected chi connectivity index (χ3v) is 4.51. The second-order valence-corrected chi connectivity index (χ2v) is 6.05. The van der Waals surface area contributed by atoms with Crippen molar-refractivity contribution in [2.24, 2.45) is 0 Å². The number of rotatable bonds is 4. The third kappa shape index (κ3) is 2.88. The molecule has 1 aliphatic rings. The molecule has 0 amide bonds. The second kappa shape index (κ2) is 4.92. The van der Waals surface area contributed by atoms with Gasteiger partial charge in [-0.1, -0.05) is 30.3 Å². The Morgan fingerprint density at radius 1 is 1.24 bits per heavy atom. The van der Waals surface area contributed by atoms with Crippen molar-refractivity contribution in [3.8, 4) is 0 Å². The van der Waals surface area contributed by atoms with E-state index in [0.29, 0.717) is 5.76 Å². The van der Waals surface area contributed by atoms with Gasteiger partial charge in [-0.3, -0.25) is 0 Å². The molecular formula is C13H16O3S. The summed E-state index contributed by atoms with van der Waals surface area (Å²) in [6.07, 6.45) is 4.46. The Bertz CT molecular complexity index is 503. The lowest BCUT2D eigenvalue weighted by Crippen LogP contribution is -2.13. The molecule has 0 aliphatic heterocycles. The van der Waals surface area contributed by atoms with Crippen molar-refractivity contribution in [2.75, 3.05) is 0 Å². The summed E-state index contributed by atoms with van der Waals surface area (Å²) in [5.74, 6) is 0.591. The normalized spacial score (nSPS) is 17.6. The molecule has 92 valence electrons. The predicted molar refractivity (Wildman–Crippen MR) is 66.8 cm³/mol. The summed E-state index contributed by atoms with van der Waals surface area (Å²) < 4.78 is 29.2. The van der Waals surface area contributed by atoms with Crippen LogP contribution in [0.5, 0.6) is 0 Å². The number of hydrogen-bond acceptors (Lipinski definition) is 3. The van der Waals surface area contributed by atoms with Crippen molar-refractivity contribution in [1.82, 2.24) is 0 Å². The number of allylic oxidation sites excluding steroid dienone is 2. The van der Waals surface area contributed by atoms with E-state index in [4.69, 9.17) is 4.18 Å². The molecule has 0 spiro atoms. The first-order valence-electron chi connectivity index (χ1n) is 5.77. The van der Waals surface area contributed by atoms with Crippen LogP contribution in [0.25, 0.3) is 0 Å². The van der Waals surface area contributed by atoms with Crippen molar-refractivity contribution in [1.29, 1.82) is 0 Å². The molecule has 17 heavy (non-hydrogen) atoms. The summed E-state index contributed by atoms with van der Waals surface area (Å²) >= 11 is 0. The SMILES string of the molecule is CC(c1ccccc1)S(=O)(=O)OC1=CCCC1. The molecule has 0 radical (unpaired) electrons. The van der Waals surface area contributed by atoms with Crippen LogP contribution in [-0.4, -0.2) is 8.42 Å². The first-order chi connectivity index (χ1) is 8.09. The highest BCUT2D eigenvalue weighted by Gasteiger charge is 2.25. The van der Waals surface area contributed by atoms with Crippen molar-refractivity contribution in [3.05, 3.63) is 47.7 Å². The molecule has 0 N–H and O–H groups in total. The van der Waals surface area contributed by atoms with Crippen molar-refractivity contribution < 1.29 is 12.6 Å². The van der Waals surface area contributed by atoms with Crippen LogP contribution < -0.4 is 0 Å². The van der Waals surface area contributed by atoms with E-state index in [1.54, 1.807) is 19.1 Å². The lowest BCUT2D eigenvalue weighted by Gasteiger charge is -2.14. The van der Waals surface area contributed by atoms with Crippen LogP contribution in [0.2, 0.25) is 0 Å². The van der Waals surface area contributed by atoms with Gasteiger partial charge in [0.2, 0.25) is 0 Å². The van der Waals surface area contributed by atoms with E-state index in [1.165, 1.54) is 0 Å². The fraction of sp³-hybridized carbons (Fsp3) is 0.385. The van der Waals surface area contributed by atoms with Gasteiger partial charge in [0.15, 0.2) is 0 Å². The van der Waals surface area contributed by atoms with Gasteiger partial charge < -0.3 is 4.18 Å². The average Bonchev–Trinajstić information content (AvgIpc) is 2.81.